The number of halogens is 3. The zero-order chi connectivity index (χ0) is 26.6. The fraction of sp³-hybridized carbons (Fsp3) is 0.226. The molecular formula is C31H29F3N2O. The van der Waals surface area contributed by atoms with Crippen molar-refractivity contribution in [1.82, 2.24) is 9.78 Å². The number of allylic oxidation sites excluding steroid dienone is 4. The van der Waals surface area contributed by atoms with Crippen LogP contribution in [0.4, 0.5) is 13.2 Å². The van der Waals surface area contributed by atoms with Crippen molar-refractivity contribution in [2.24, 2.45) is 0 Å². The molecule has 3 nitrogen and oxygen atoms in total. The molecule has 0 N–H and O–H groups in total. The summed E-state index contributed by atoms with van der Waals surface area (Å²) in [6, 6.07) is 20.9. The fourth-order valence-electron chi connectivity index (χ4n) is 4.68. The zero-order valence-corrected chi connectivity index (χ0v) is 21.1. The van der Waals surface area contributed by atoms with E-state index in [-0.39, 0.29) is 22.7 Å². The summed E-state index contributed by atoms with van der Waals surface area (Å²) in [6.45, 7) is 6.08. The van der Waals surface area contributed by atoms with E-state index in [9.17, 15) is 18.0 Å². The Morgan fingerprint density at radius 1 is 0.973 bits per heavy atom. The normalized spacial score (nSPS) is 13.7. The smallest absolute Gasteiger partial charge is 0.287 e. The van der Waals surface area contributed by atoms with Gasteiger partial charge in [-0.05, 0) is 59.9 Å². The van der Waals surface area contributed by atoms with Gasteiger partial charge in [0.25, 0.3) is 0 Å². The molecule has 0 fully saturated rings. The quantitative estimate of drug-likeness (QED) is 0.238. The van der Waals surface area contributed by atoms with Crippen LogP contribution in [-0.2, 0) is 6.18 Å². The molecule has 0 bridgehead atoms. The Balaban J connectivity index is 1.71. The first-order valence-corrected chi connectivity index (χ1v) is 12.4. The van der Waals surface area contributed by atoms with Gasteiger partial charge in [0.2, 0.25) is 5.43 Å². The number of benzene rings is 3. The summed E-state index contributed by atoms with van der Waals surface area (Å²) >= 11 is 0. The number of rotatable bonds is 7. The molecule has 0 aliphatic rings. The van der Waals surface area contributed by atoms with Gasteiger partial charge in [0.05, 0.1) is 11.3 Å². The summed E-state index contributed by atoms with van der Waals surface area (Å²) in [5.74, 6) is 0.214. The van der Waals surface area contributed by atoms with Gasteiger partial charge in [-0.15, -0.1) is 0 Å². The second-order valence-corrected chi connectivity index (χ2v) is 9.00. The highest BCUT2D eigenvalue weighted by molar-refractivity contribution is 5.86. The molecule has 37 heavy (non-hydrogen) atoms. The Bertz CT molecular complexity index is 1520. The van der Waals surface area contributed by atoms with E-state index in [0.29, 0.717) is 5.57 Å². The predicted octanol–water partition coefficient (Wildman–Crippen LogP) is 8.34. The van der Waals surface area contributed by atoms with E-state index < -0.39 is 11.7 Å². The molecule has 0 saturated heterocycles. The second-order valence-electron chi connectivity index (χ2n) is 9.00. The SMILES string of the molecule is CC/C(=C/C=C(\C)c1nn(-c2cccc(C(F)(F)F)c2)ccc1=O)C(CC)c1cccc2ccccc12. The van der Waals surface area contributed by atoms with Crippen LogP contribution in [0.1, 0.15) is 56.4 Å². The van der Waals surface area contributed by atoms with Gasteiger partial charge in [-0.25, -0.2) is 4.68 Å². The lowest BCUT2D eigenvalue weighted by atomic mass is 9.84. The first-order chi connectivity index (χ1) is 17.7. The number of alkyl halides is 3. The van der Waals surface area contributed by atoms with Crippen molar-refractivity contribution >= 4 is 16.3 Å². The number of hydrogen-bond donors (Lipinski definition) is 0. The van der Waals surface area contributed by atoms with E-state index in [4.69, 9.17) is 0 Å². The van der Waals surface area contributed by atoms with Gasteiger partial charge in [-0.3, -0.25) is 4.79 Å². The van der Waals surface area contributed by atoms with Crippen LogP contribution in [0.15, 0.2) is 102 Å². The van der Waals surface area contributed by atoms with Crippen molar-refractivity contribution in [3.05, 3.63) is 124 Å². The van der Waals surface area contributed by atoms with Crippen molar-refractivity contribution in [3.63, 3.8) is 0 Å². The monoisotopic (exact) mass is 502 g/mol. The minimum absolute atomic E-state index is 0.199. The van der Waals surface area contributed by atoms with Crippen LogP contribution in [0.25, 0.3) is 22.0 Å². The summed E-state index contributed by atoms with van der Waals surface area (Å²) in [5, 5.41) is 6.80. The highest BCUT2D eigenvalue weighted by Crippen LogP contribution is 2.35. The van der Waals surface area contributed by atoms with E-state index in [0.717, 1.165) is 25.0 Å². The van der Waals surface area contributed by atoms with Gasteiger partial charge >= 0.3 is 6.18 Å². The molecule has 0 aliphatic carbocycles. The Morgan fingerprint density at radius 3 is 2.43 bits per heavy atom. The maximum absolute atomic E-state index is 13.2. The van der Waals surface area contributed by atoms with Gasteiger partial charge in [0, 0.05) is 18.2 Å². The summed E-state index contributed by atoms with van der Waals surface area (Å²) in [4.78, 5) is 12.6. The van der Waals surface area contributed by atoms with Crippen LogP contribution in [0, 0.1) is 0 Å². The van der Waals surface area contributed by atoms with E-state index in [2.05, 4.69) is 55.3 Å². The van der Waals surface area contributed by atoms with E-state index >= 15 is 0 Å². The third-order valence-electron chi connectivity index (χ3n) is 6.63. The standard InChI is InChI=1S/C31H29F3N2O/c1-4-22(26(5-2)28-15-8-11-23-10-6-7-14-27(23)28)17-16-21(3)30-29(37)18-19-36(35-30)25-13-9-12-24(20-25)31(32,33)34/h6-20,26H,4-5H2,1-3H3/b21-16+,22-17-. The molecule has 1 heterocycles. The molecule has 0 amide bonds. The van der Waals surface area contributed by atoms with Crippen molar-refractivity contribution in [2.45, 2.75) is 45.7 Å². The zero-order valence-electron chi connectivity index (χ0n) is 21.1. The number of fused-ring (bicyclic) bond motifs is 1. The molecule has 190 valence electrons. The van der Waals surface area contributed by atoms with Crippen molar-refractivity contribution < 1.29 is 13.2 Å². The highest BCUT2D eigenvalue weighted by Gasteiger charge is 2.30. The molecule has 0 radical (unpaired) electrons. The molecule has 6 heteroatoms. The van der Waals surface area contributed by atoms with Crippen LogP contribution in [0.3, 0.4) is 0 Å². The lowest BCUT2D eigenvalue weighted by Gasteiger charge is -2.20. The Morgan fingerprint density at radius 2 is 1.70 bits per heavy atom. The molecule has 4 rings (SSSR count). The van der Waals surface area contributed by atoms with Crippen molar-refractivity contribution in [3.8, 4) is 5.69 Å². The molecule has 1 aromatic heterocycles. The van der Waals surface area contributed by atoms with Crippen LogP contribution >= 0.6 is 0 Å². The summed E-state index contributed by atoms with van der Waals surface area (Å²) in [6.07, 6.45) is 2.61. The molecular weight excluding hydrogens is 473 g/mol. The molecule has 3 aromatic carbocycles. The average molecular weight is 503 g/mol. The van der Waals surface area contributed by atoms with Crippen molar-refractivity contribution in [1.29, 1.82) is 0 Å². The Labute approximate surface area is 214 Å². The summed E-state index contributed by atoms with van der Waals surface area (Å²) < 4.78 is 40.8. The summed E-state index contributed by atoms with van der Waals surface area (Å²) in [7, 11) is 0. The molecule has 0 saturated carbocycles. The van der Waals surface area contributed by atoms with Gasteiger partial charge in [-0.2, -0.15) is 18.3 Å². The van der Waals surface area contributed by atoms with Crippen molar-refractivity contribution in [2.75, 3.05) is 0 Å². The van der Waals surface area contributed by atoms with Crippen LogP contribution < -0.4 is 5.43 Å². The lowest BCUT2D eigenvalue weighted by molar-refractivity contribution is -0.137. The molecule has 0 spiro atoms. The molecule has 1 unspecified atom stereocenters. The molecule has 0 aliphatic heterocycles. The van der Waals surface area contributed by atoms with Gasteiger partial charge in [0.15, 0.2) is 0 Å². The number of aromatic nitrogens is 2. The largest absolute Gasteiger partial charge is 0.416 e. The molecule has 4 aromatic rings. The third-order valence-corrected chi connectivity index (χ3v) is 6.63. The second kappa shape index (κ2) is 11.0. The lowest BCUT2D eigenvalue weighted by Crippen LogP contribution is -2.15. The Kier molecular flexibility index (Phi) is 7.77. The maximum atomic E-state index is 13.2. The topological polar surface area (TPSA) is 34.9 Å². The number of hydrogen-bond acceptors (Lipinski definition) is 2. The first kappa shape index (κ1) is 26.1. The van der Waals surface area contributed by atoms with Gasteiger partial charge < -0.3 is 0 Å². The molecule has 1 atom stereocenters. The first-order valence-electron chi connectivity index (χ1n) is 12.4. The minimum atomic E-state index is -4.46. The van der Waals surface area contributed by atoms with Crippen LogP contribution in [0.5, 0.6) is 0 Å². The number of nitrogens with zero attached hydrogens (tertiary/aromatic N) is 2. The predicted molar refractivity (Wildman–Crippen MR) is 144 cm³/mol. The van der Waals surface area contributed by atoms with E-state index in [1.54, 1.807) is 6.92 Å². The van der Waals surface area contributed by atoms with Crippen LogP contribution in [0.2, 0.25) is 0 Å². The van der Waals surface area contributed by atoms with Gasteiger partial charge in [0.1, 0.15) is 5.69 Å². The minimum Gasteiger partial charge on any atom is -0.287 e. The van der Waals surface area contributed by atoms with E-state index in [1.165, 1.54) is 51.0 Å². The maximum Gasteiger partial charge on any atom is 0.416 e. The fourth-order valence-corrected chi connectivity index (χ4v) is 4.68. The van der Waals surface area contributed by atoms with Gasteiger partial charge in [-0.1, -0.05) is 80.1 Å². The Hall–Kier alpha value is -3.93. The van der Waals surface area contributed by atoms with E-state index in [1.807, 2.05) is 18.2 Å². The summed E-state index contributed by atoms with van der Waals surface area (Å²) in [5.41, 5.74) is 2.51. The van der Waals surface area contributed by atoms with Crippen LogP contribution in [-0.4, -0.2) is 9.78 Å². The average Bonchev–Trinajstić information content (AvgIpc) is 2.90. The third kappa shape index (κ3) is 5.74. The highest BCUT2D eigenvalue weighted by atomic mass is 19.4.